The molecule has 0 aromatic heterocycles. The molecule has 1 aliphatic carbocycles. The van der Waals surface area contributed by atoms with Crippen molar-refractivity contribution in [1.29, 1.82) is 0 Å². The van der Waals surface area contributed by atoms with Crippen LogP contribution >= 0.6 is 0 Å². The third kappa shape index (κ3) is 2.81. The average Bonchev–Trinajstić information content (AvgIpc) is 3.01. The SMILES string of the molecule is O=C([C@@H]1CNCCO1)N1CCN(C2CCCC2)C(=O)C1. The third-order valence-electron chi connectivity index (χ3n) is 4.54. The predicted molar refractivity (Wildman–Crippen MR) is 73.2 cm³/mol. The van der Waals surface area contributed by atoms with E-state index in [1.807, 2.05) is 4.90 Å². The van der Waals surface area contributed by atoms with Gasteiger partial charge < -0.3 is 19.9 Å². The second-order valence-corrected chi connectivity index (χ2v) is 5.85. The number of hydrogen-bond acceptors (Lipinski definition) is 4. The van der Waals surface area contributed by atoms with E-state index in [4.69, 9.17) is 4.74 Å². The number of piperazine rings is 1. The molecular weight excluding hydrogens is 258 g/mol. The number of ether oxygens (including phenoxy) is 1. The predicted octanol–water partition coefficient (Wildman–Crippen LogP) is -0.412. The molecule has 3 rings (SSSR count). The van der Waals surface area contributed by atoms with Crippen LogP contribution in [0, 0.1) is 0 Å². The first-order valence-electron chi connectivity index (χ1n) is 7.66. The zero-order chi connectivity index (χ0) is 13.9. The molecule has 2 heterocycles. The second kappa shape index (κ2) is 6.10. The van der Waals surface area contributed by atoms with Gasteiger partial charge in [-0.05, 0) is 12.8 Å². The first kappa shape index (κ1) is 13.8. The lowest BCUT2D eigenvalue weighted by Gasteiger charge is -2.39. The molecule has 3 fully saturated rings. The van der Waals surface area contributed by atoms with Crippen LogP contribution in [0.1, 0.15) is 25.7 Å². The van der Waals surface area contributed by atoms with Crippen molar-refractivity contribution in [2.75, 3.05) is 39.3 Å². The van der Waals surface area contributed by atoms with E-state index in [-0.39, 0.29) is 18.4 Å². The Kier molecular flexibility index (Phi) is 4.21. The van der Waals surface area contributed by atoms with E-state index in [2.05, 4.69) is 5.32 Å². The zero-order valence-electron chi connectivity index (χ0n) is 11.8. The maximum absolute atomic E-state index is 12.3. The highest BCUT2D eigenvalue weighted by Crippen LogP contribution is 2.25. The van der Waals surface area contributed by atoms with Crippen molar-refractivity contribution in [2.45, 2.75) is 37.8 Å². The first-order valence-corrected chi connectivity index (χ1v) is 7.66. The molecule has 6 nitrogen and oxygen atoms in total. The fourth-order valence-electron chi connectivity index (χ4n) is 3.40. The van der Waals surface area contributed by atoms with E-state index >= 15 is 0 Å². The highest BCUT2D eigenvalue weighted by molar-refractivity contribution is 5.88. The Bertz CT molecular complexity index is 376. The topological polar surface area (TPSA) is 61.9 Å². The molecule has 1 N–H and O–H groups in total. The van der Waals surface area contributed by atoms with Crippen molar-refractivity contribution < 1.29 is 14.3 Å². The lowest BCUT2D eigenvalue weighted by molar-refractivity contribution is -0.154. The molecule has 112 valence electrons. The summed E-state index contributed by atoms with van der Waals surface area (Å²) >= 11 is 0. The number of amides is 2. The van der Waals surface area contributed by atoms with Gasteiger partial charge in [-0.25, -0.2) is 0 Å². The van der Waals surface area contributed by atoms with Crippen LogP contribution in [0.25, 0.3) is 0 Å². The molecule has 1 atom stereocenters. The van der Waals surface area contributed by atoms with E-state index in [0.29, 0.717) is 32.3 Å². The van der Waals surface area contributed by atoms with Gasteiger partial charge in [0.25, 0.3) is 5.91 Å². The van der Waals surface area contributed by atoms with E-state index in [0.717, 1.165) is 19.4 Å². The molecule has 0 radical (unpaired) electrons. The van der Waals surface area contributed by atoms with Gasteiger partial charge in [0, 0.05) is 32.2 Å². The molecule has 1 saturated carbocycles. The quantitative estimate of drug-likeness (QED) is 0.747. The van der Waals surface area contributed by atoms with Gasteiger partial charge >= 0.3 is 0 Å². The Labute approximate surface area is 119 Å². The number of morpholine rings is 1. The molecule has 0 aromatic rings. The highest BCUT2D eigenvalue weighted by atomic mass is 16.5. The van der Waals surface area contributed by atoms with Crippen molar-refractivity contribution in [3.8, 4) is 0 Å². The van der Waals surface area contributed by atoms with Gasteiger partial charge in [0.15, 0.2) is 0 Å². The molecular formula is C14H23N3O3. The summed E-state index contributed by atoms with van der Waals surface area (Å²) in [6.45, 7) is 3.44. The van der Waals surface area contributed by atoms with Crippen LogP contribution in [0.15, 0.2) is 0 Å². The van der Waals surface area contributed by atoms with Gasteiger partial charge in [-0.1, -0.05) is 12.8 Å². The summed E-state index contributed by atoms with van der Waals surface area (Å²) in [7, 11) is 0. The normalized spacial score (nSPS) is 29.0. The fourth-order valence-corrected chi connectivity index (χ4v) is 3.40. The molecule has 3 aliphatic rings. The summed E-state index contributed by atoms with van der Waals surface area (Å²) in [6, 6.07) is 0.410. The van der Waals surface area contributed by atoms with Gasteiger partial charge in [0.05, 0.1) is 13.2 Å². The number of nitrogens with one attached hydrogen (secondary N) is 1. The van der Waals surface area contributed by atoms with Crippen molar-refractivity contribution in [1.82, 2.24) is 15.1 Å². The van der Waals surface area contributed by atoms with E-state index in [1.165, 1.54) is 12.8 Å². The van der Waals surface area contributed by atoms with Gasteiger partial charge in [-0.2, -0.15) is 0 Å². The van der Waals surface area contributed by atoms with Gasteiger partial charge in [-0.15, -0.1) is 0 Å². The van der Waals surface area contributed by atoms with Crippen LogP contribution in [-0.2, 0) is 14.3 Å². The minimum absolute atomic E-state index is 0.0448. The number of rotatable bonds is 2. The summed E-state index contributed by atoms with van der Waals surface area (Å²) in [5.41, 5.74) is 0. The van der Waals surface area contributed by atoms with Crippen molar-refractivity contribution >= 4 is 11.8 Å². The van der Waals surface area contributed by atoms with Crippen LogP contribution in [0.3, 0.4) is 0 Å². The molecule has 2 saturated heterocycles. The number of carbonyl (C=O) groups excluding carboxylic acids is 2. The summed E-state index contributed by atoms with van der Waals surface area (Å²) in [4.78, 5) is 28.2. The van der Waals surface area contributed by atoms with Crippen LogP contribution in [0.4, 0.5) is 0 Å². The van der Waals surface area contributed by atoms with E-state index in [9.17, 15) is 9.59 Å². The Morgan fingerprint density at radius 1 is 1.25 bits per heavy atom. The summed E-state index contributed by atoms with van der Waals surface area (Å²) in [5.74, 6) is 0.0527. The average molecular weight is 281 g/mol. The highest BCUT2D eigenvalue weighted by Gasteiger charge is 2.35. The maximum atomic E-state index is 12.3. The Balaban J connectivity index is 1.55. The van der Waals surface area contributed by atoms with Crippen molar-refractivity contribution in [3.05, 3.63) is 0 Å². The minimum atomic E-state index is -0.422. The minimum Gasteiger partial charge on any atom is -0.366 e. The monoisotopic (exact) mass is 281 g/mol. The van der Waals surface area contributed by atoms with E-state index < -0.39 is 6.10 Å². The van der Waals surface area contributed by atoms with Crippen LogP contribution in [0.2, 0.25) is 0 Å². The lowest BCUT2D eigenvalue weighted by atomic mass is 10.1. The smallest absolute Gasteiger partial charge is 0.253 e. The molecule has 0 bridgehead atoms. The maximum Gasteiger partial charge on any atom is 0.253 e. The molecule has 20 heavy (non-hydrogen) atoms. The molecule has 0 aromatic carbocycles. The largest absolute Gasteiger partial charge is 0.366 e. The third-order valence-corrected chi connectivity index (χ3v) is 4.54. The second-order valence-electron chi connectivity index (χ2n) is 5.85. The van der Waals surface area contributed by atoms with Gasteiger partial charge in [0.1, 0.15) is 6.10 Å². The number of carbonyl (C=O) groups is 2. The Morgan fingerprint density at radius 2 is 2.05 bits per heavy atom. The van der Waals surface area contributed by atoms with Gasteiger partial charge in [-0.3, -0.25) is 9.59 Å². The summed E-state index contributed by atoms with van der Waals surface area (Å²) in [5, 5.41) is 3.15. The van der Waals surface area contributed by atoms with Crippen LogP contribution < -0.4 is 5.32 Å². The Morgan fingerprint density at radius 3 is 2.70 bits per heavy atom. The number of nitrogens with zero attached hydrogens (tertiary/aromatic N) is 2. The zero-order valence-corrected chi connectivity index (χ0v) is 11.8. The van der Waals surface area contributed by atoms with Crippen molar-refractivity contribution in [2.24, 2.45) is 0 Å². The molecule has 2 aliphatic heterocycles. The Hall–Kier alpha value is -1.14. The van der Waals surface area contributed by atoms with Crippen molar-refractivity contribution in [3.63, 3.8) is 0 Å². The summed E-state index contributed by atoms with van der Waals surface area (Å²) in [6.07, 6.45) is 4.26. The summed E-state index contributed by atoms with van der Waals surface area (Å²) < 4.78 is 5.48. The first-order chi connectivity index (χ1) is 9.75. The molecule has 6 heteroatoms. The van der Waals surface area contributed by atoms with Gasteiger partial charge in [0.2, 0.25) is 5.91 Å². The fraction of sp³-hybridized carbons (Fsp3) is 0.857. The molecule has 0 unspecified atom stereocenters. The van der Waals surface area contributed by atoms with Crippen LogP contribution in [-0.4, -0.2) is 73.1 Å². The van der Waals surface area contributed by atoms with Crippen LogP contribution in [0.5, 0.6) is 0 Å². The molecule has 0 spiro atoms. The number of hydrogen-bond donors (Lipinski definition) is 1. The lowest BCUT2D eigenvalue weighted by Crippen LogP contribution is -2.58. The standard InChI is InChI=1S/C14H23N3O3/c18-13-10-16(14(19)12-9-15-5-8-20-12)6-7-17(13)11-3-1-2-4-11/h11-12,15H,1-10H2/t12-/m0/s1. The van der Waals surface area contributed by atoms with E-state index in [1.54, 1.807) is 4.90 Å². The molecule has 2 amide bonds.